The number of ether oxygens (including phenoxy) is 1. The van der Waals surface area contributed by atoms with E-state index in [1.807, 2.05) is 23.2 Å². The van der Waals surface area contributed by atoms with Crippen LogP contribution in [-0.2, 0) is 25.7 Å². The number of piperidine rings is 1. The Balaban J connectivity index is 1.63. The molecule has 8 heteroatoms. The summed E-state index contributed by atoms with van der Waals surface area (Å²) in [6.07, 6.45) is 8.06. The number of carbonyl (C=O) groups is 3. The summed E-state index contributed by atoms with van der Waals surface area (Å²) in [4.78, 5) is 38.8. The number of methoxy groups -OCH3 is 1. The molecule has 1 saturated heterocycles. The van der Waals surface area contributed by atoms with Gasteiger partial charge in [0.05, 0.1) is 13.2 Å². The Labute approximate surface area is 203 Å². The summed E-state index contributed by atoms with van der Waals surface area (Å²) in [5, 5.41) is 0.0160. The third-order valence-electron chi connectivity index (χ3n) is 6.26. The Bertz CT molecular complexity index is 1110. The van der Waals surface area contributed by atoms with Gasteiger partial charge in [-0.05, 0) is 42.5 Å². The lowest BCUT2D eigenvalue weighted by Gasteiger charge is -2.38. The highest BCUT2D eigenvalue weighted by Gasteiger charge is 2.41. The number of hydrogen-bond acceptors (Lipinski definition) is 6. The highest BCUT2D eigenvalue weighted by atomic mass is 32.2. The Morgan fingerprint density at radius 1 is 1.21 bits per heavy atom. The first-order chi connectivity index (χ1) is 16.4. The molecule has 1 aliphatic heterocycles. The lowest BCUT2D eigenvalue weighted by Crippen LogP contribution is -2.43. The molecule has 2 aliphatic rings. The molecule has 0 spiro atoms. The summed E-state index contributed by atoms with van der Waals surface area (Å²) in [5.41, 5.74) is 2.32. The van der Waals surface area contributed by atoms with E-state index >= 15 is 0 Å². The van der Waals surface area contributed by atoms with E-state index in [0.29, 0.717) is 25.1 Å². The summed E-state index contributed by atoms with van der Waals surface area (Å²) in [7, 11) is 1.35. The lowest BCUT2D eigenvalue weighted by molar-refractivity contribution is -0.141. The number of likely N-dealkylation sites (tertiary alicyclic amines) is 1. The fourth-order valence-corrected chi connectivity index (χ4v) is 5.38. The van der Waals surface area contributed by atoms with Gasteiger partial charge in [0.15, 0.2) is 10.9 Å². The van der Waals surface area contributed by atoms with Gasteiger partial charge in [-0.2, -0.15) is 0 Å². The van der Waals surface area contributed by atoms with E-state index in [2.05, 4.69) is 0 Å². The average molecular weight is 485 g/mol. The van der Waals surface area contributed by atoms with Crippen LogP contribution in [0.1, 0.15) is 43.4 Å². The molecule has 2 fully saturated rings. The van der Waals surface area contributed by atoms with Crippen molar-refractivity contribution in [2.24, 2.45) is 5.92 Å². The number of benzene rings is 1. The minimum absolute atomic E-state index is 0.00583. The van der Waals surface area contributed by atoms with Gasteiger partial charge in [0.25, 0.3) is 0 Å². The van der Waals surface area contributed by atoms with Gasteiger partial charge in [-0.25, -0.2) is 4.39 Å². The molecular formula is C26H29FN2O4S. The zero-order valence-corrected chi connectivity index (χ0v) is 20.2. The number of ketones is 1. The van der Waals surface area contributed by atoms with Crippen LogP contribution in [0.3, 0.4) is 0 Å². The first-order valence-electron chi connectivity index (χ1n) is 11.5. The number of Topliss-reactive ketones (excluding diaryl/α,β-unsaturated/α-hetero) is 1. The van der Waals surface area contributed by atoms with Crippen molar-refractivity contribution in [3.05, 3.63) is 65.2 Å². The maximum atomic E-state index is 14.8. The molecule has 6 nitrogen and oxygen atoms in total. The second-order valence-corrected chi connectivity index (χ2v) is 10.3. The average Bonchev–Trinajstić information content (AvgIpc) is 3.57. The zero-order chi connectivity index (χ0) is 24.2. The molecule has 180 valence electrons. The van der Waals surface area contributed by atoms with E-state index in [4.69, 9.17) is 4.74 Å². The summed E-state index contributed by atoms with van der Waals surface area (Å²) >= 11 is 1.29. The monoisotopic (exact) mass is 484 g/mol. The van der Waals surface area contributed by atoms with E-state index in [1.54, 1.807) is 35.9 Å². The Morgan fingerprint density at radius 3 is 2.65 bits per heavy atom. The number of nitrogens with zero attached hydrogens (tertiary/aromatic N) is 2. The van der Waals surface area contributed by atoms with Crippen LogP contribution in [0.15, 0.2) is 48.3 Å². The molecule has 1 saturated carbocycles. The predicted octanol–water partition coefficient (Wildman–Crippen LogP) is 4.26. The van der Waals surface area contributed by atoms with Gasteiger partial charge < -0.3 is 9.30 Å². The molecule has 2 atom stereocenters. The molecule has 2 unspecified atom stereocenters. The summed E-state index contributed by atoms with van der Waals surface area (Å²) in [6, 6.07) is 7.77. The molecule has 2 heterocycles. The molecule has 0 bridgehead atoms. The fraction of sp³-hybridized carbons (Fsp3) is 0.423. The highest BCUT2D eigenvalue weighted by Crippen LogP contribution is 2.40. The number of carbonyl (C=O) groups excluding carboxylic acids is 3. The largest absolute Gasteiger partial charge is 0.468 e. The third kappa shape index (κ3) is 5.85. The number of hydrogen-bond donors (Lipinski definition) is 0. The van der Waals surface area contributed by atoms with E-state index in [-0.39, 0.29) is 40.4 Å². The third-order valence-corrected chi connectivity index (χ3v) is 7.42. The van der Waals surface area contributed by atoms with E-state index < -0.39 is 6.04 Å². The zero-order valence-electron chi connectivity index (χ0n) is 19.4. The van der Waals surface area contributed by atoms with Gasteiger partial charge in [-0.15, -0.1) is 0 Å². The van der Waals surface area contributed by atoms with Crippen LogP contribution >= 0.6 is 11.8 Å². The van der Waals surface area contributed by atoms with E-state index in [1.165, 1.54) is 24.9 Å². The van der Waals surface area contributed by atoms with Gasteiger partial charge in [0.2, 0.25) is 0 Å². The lowest BCUT2D eigenvalue weighted by atomic mass is 9.93. The van der Waals surface area contributed by atoms with Crippen molar-refractivity contribution in [2.45, 2.75) is 44.0 Å². The van der Waals surface area contributed by atoms with Gasteiger partial charge in [-0.1, -0.05) is 36.0 Å². The number of rotatable bonds is 8. The second kappa shape index (κ2) is 10.7. The molecule has 0 N–H and O–H groups in total. The van der Waals surface area contributed by atoms with Crippen molar-refractivity contribution in [3.63, 3.8) is 0 Å². The minimum atomic E-state index is -0.635. The van der Waals surface area contributed by atoms with Crippen LogP contribution < -0.4 is 0 Å². The first-order valence-corrected chi connectivity index (χ1v) is 12.4. The standard InChI is InChI=1S/C26H29FN2O4S/c1-17(30)34-23-10-12-29(15-20(23)13-18-9-11-28(14-18)16-24(31)33-2)25(26(32)19-7-8-19)21-5-3-4-6-22(21)27/h3-6,9,11,13-14,19,23,25H,7-8,10,12,15-16H2,1-2H3/b20-13-. The molecule has 4 rings (SSSR count). The predicted molar refractivity (Wildman–Crippen MR) is 130 cm³/mol. The number of esters is 1. The molecular weight excluding hydrogens is 455 g/mol. The Kier molecular flexibility index (Phi) is 7.68. The Hall–Kier alpha value is -2.71. The van der Waals surface area contributed by atoms with Gasteiger partial charge in [0, 0.05) is 49.1 Å². The van der Waals surface area contributed by atoms with Gasteiger partial charge in [-0.3, -0.25) is 19.3 Å². The fourth-order valence-electron chi connectivity index (χ4n) is 4.47. The molecule has 2 aromatic rings. The number of halogens is 1. The van der Waals surface area contributed by atoms with Crippen molar-refractivity contribution in [1.82, 2.24) is 9.47 Å². The van der Waals surface area contributed by atoms with Crippen LogP contribution in [-0.4, -0.2) is 51.8 Å². The van der Waals surface area contributed by atoms with Crippen molar-refractivity contribution < 1.29 is 23.5 Å². The van der Waals surface area contributed by atoms with Crippen LogP contribution in [0.25, 0.3) is 6.08 Å². The molecule has 34 heavy (non-hydrogen) atoms. The molecule has 1 aliphatic carbocycles. The first kappa shape index (κ1) is 24.4. The summed E-state index contributed by atoms with van der Waals surface area (Å²) in [5.74, 6) is -0.637. The molecule has 1 aromatic heterocycles. The topological polar surface area (TPSA) is 68.6 Å². The van der Waals surface area contributed by atoms with Crippen LogP contribution in [0.2, 0.25) is 0 Å². The maximum absolute atomic E-state index is 14.8. The van der Waals surface area contributed by atoms with Gasteiger partial charge >= 0.3 is 5.97 Å². The smallest absolute Gasteiger partial charge is 0.325 e. The highest BCUT2D eigenvalue weighted by molar-refractivity contribution is 8.14. The Morgan fingerprint density at radius 2 is 1.97 bits per heavy atom. The maximum Gasteiger partial charge on any atom is 0.325 e. The second-order valence-electron chi connectivity index (χ2n) is 8.87. The van der Waals surface area contributed by atoms with Gasteiger partial charge in [0.1, 0.15) is 12.4 Å². The van der Waals surface area contributed by atoms with Crippen molar-refractivity contribution in [3.8, 4) is 0 Å². The van der Waals surface area contributed by atoms with Crippen molar-refractivity contribution in [2.75, 3.05) is 20.2 Å². The van der Waals surface area contributed by atoms with Crippen LogP contribution in [0, 0.1) is 11.7 Å². The summed E-state index contributed by atoms with van der Waals surface area (Å²) in [6.45, 7) is 2.73. The molecule has 0 radical (unpaired) electrons. The quantitative estimate of drug-likeness (QED) is 0.522. The summed E-state index contributed by atoms with van der Waals surface area (Å²) < 4.78 is 21.3. The van der Waals surface area contributed by atoms with E-state index in [9.17, 15) is 18.8 Å². The molecule has 0 amide bonds. The SMILES string of the molecule is COC(=O)Cn1ccc(/C=C2/CN(C(C(=O)C3CC3)c3ccccc3F)CCC2SC(C)=O)c1. The number of thioether (sulfide) groups is 1. The molecule has 1 aromatic carbocycles. The van der Waals surface area contributed by atoms with Crippen LogP contribution in [0.4, 0.5) is 4.39 Å². The normalized spacial score (nSPS) is 20.8. The van der Waals surface area contributed by atoms with Crippen LogP contribution in [0.5, 0.6) is 0 Å². The minimum Gasteiger partial charge on any atom is -0.468 e. The number of aromatic nitrogens is 1. The van der Waals surface area contributed by atoms with E-state index in [0.717, 1.165) is 24.0 Å². The van der Waals surface area contributed by atoms with Crippen molar-refractivity contribution in [1.29, 1.82) is 0 Å². The van der Waals surface area contributed by atoms with Crippen molar-refractivity contribution >= 4 is 34.7 Å².